The molecule has 2 heterocycles. The van der Waals surface area contributed by atoms with Crippen LogP contribution in [0.2, 0.25) is 5.02 Å². The Morgan fingerprint density at radius 1 is 1.00 bits per heavy atom. The fourth-order valence-corrected chi connectivity index (χ4v) is 4.07. The molecular formula is C23H19ClN4OS. The number of aryl methyl sites for hydroxylation is 1. The molecule has 0 fully saturated rings. The molecule has 0 aliphatic heterocycles. The summed E-state index contributed by atoms with van der Waals surface area (Å²) in [4.78, 5) is 16.7. The van der Waals surface area contributed by atoms with Gasteiger partial charge in [-0.05, 0) is 43.7 Å². The molecule has 0 amide bonds. The number of pyridine rings is 1. The Morgan fingerprint density at radius 2 is 1.73 bits per heavy atom. The molecule has 7 heteroatoms. The maximum atomic E-state index is 12.7. The summed E-state index contributed by atoms with van der Waals surface area (Å²) < 4.78 is 1.95. The van der Waals surface area contributed by atoms with Gasteiger partial charge in [-0.2, -0.15) is 0 Å². The van der Waals surface area contributed by atoms with Crippen LogP contribution >= 0.6 is 23.4 Å². The Morgan fingerprint density at radius 3 is 2.47 bits per heavy atom. The highest BCUT2D eigenvalue weighted by Crippen LogP contribution is 2.31. The van der Waals surface area contributed by atoms with Crippen molar-refractivity contribution in [3.63, 3.8) is 0 Å². The zero-order chi connectivity index (χ0) is 21.1. The predicted molar refractivity (Wildman–Crippen MR) is 121 cm³/mol. The summed E-state index contributed by atoms with van der Waals surface area (Å²) in [6.07, 6.45) is 3.43. The number of aromatic nitrogens is 4. The van der Waals surface area contributed by atoms with E-state index in [0.717, 1.165) is 22.4 Å². The molecule has 0 radical (unpaired) electrons. The maximum absolute atomic E-state index is 12.7. The molecule has 30 heavy (non-hydrogen) atoms. The molecule has 2 aromatic carbocycles. The molecule has 0 atom stereocenters. The van der Waals surface area contributed by atoms with Crippen LogP contribution in [0.25, 0.3) is 17.1 Å². The summed E-state index contributed by atoms with van der Waals surface area (Å²) in [6.45, 7) is 3.96. The monoisotopic (exact) mass is 434 g/mol. The third-order valence-corrected chi connectivity index (χ3v) is 6.10. The molecular weight excluding hydrogens is 416 g/mol. The number of ketones is 1. The van der Waals surface area contributed by atoms with E-state index in [9.17, 15) is 4.79 Å². The zero-order valence-electron chi connectivity index (χ0n) is 16.5. The van der Waals surface area contributed by atoms with Crippen LogP contribution in [-0.2, 0) is 0 Å². The lowest BCUT2D eigenvalue weighted by atomic mass is 10.1. The Hall–Kier alpha value is -2.96. The standard InChI is InChI=1S/C23H19ClN4OS/c1-15-6-8-17(9-7-15)21(29)14-30-23-27-26-22(18-10-12-25-13-11-18)28(23)20-5-3-4-19(24)16(20)2/h3-13H,14H2,1-2H3. The van der Waals surface area contributed by atoms with Gasteiger partial charge in [0.1, 0.15) is 0 Å². The molecule has 0 aliphatic carbocycles. The van der Waals surface area contributed by atoms with Crippen molar-refractivity contribution in [2.45, 2.75) is 19.0 Å². The lowest BCUT2D eigenvalue weighted by Gasteiger charge is -2.13. The van der Waals surface area contributed by atoms with Gasteiger partial charge in [0.05, 0.1) is 11.4 Å². The van der Waals surface area contributed by atoms with Crippen LogP contribution in [0.1, 0.15) is 21.5 Å². The SMILES string of the molecule is Cc1ccc(C(=O)CSc2nnc(-c3ccncc3)n2-c2cccc(Cl)c2C)cc1. The average molecular weight is 435 g/mol. The van der Waals surface area contributed by atoms with E-state index in [1.807, 2.05) is 73.0 Å². The van der Waals surface area contributed by atoms with E-state index in [1.165, 1.54) is 11.8 Å². The molecule has 0 N–H and O–H groups in total. The van der Waals surface area contributed by atoms with E-state index >= 15 is 0 Å². The third-order valence-electron chi connectivity index (χ3n) is 4.76. The van der Waals surface area contributed by atoms with E-state index in [-0.39, 0.29) is 11.5 Å². The first kappa shape index (κ1) is 20.3. The van der Waals surface area contributed by atoms with Crippen molar-refractivity contribution in [3.8, 4) is 17.1 Å². The van der Waals surface area contributed by atoms with Crippen molar-refractivity contribution in [1.29, 1.82) is 0 Å². The Balaban J connectivity index is 1.71. The molecule has 4 aromatic rings. The van der Waals surface area contributed by atoms with Gasteiger partial charge in [0.15, 0.2) is 16.8 Å². The van der Waals surface area contributed by atoms with Crippen molar-refractivity contribution in [2.75, 3.05) is 5.75 Å². The molecule has 0 spiro atoms. The lowest BCUT2D eigenvalue weighted by molar-refractivity contribution is 0.102. The number of carbonyl (C=O) groups excluding carboxylic acids is 1. The molecule has 4 rings (SSSR count). The number of rotatable bonds is 6. The fourth-order valence-electron chi connectivity index (χ4n) is 3.06. The minimum atomic E-state index is 0.0443. The van der Waals surface area contributed by atoms with Gasteiger partial charge in [0, 0.05) is 28.5 Å². The van der Waals surface area contributed by atoms with Crippen LogP contribution in [0.3, 0.4) is 0 Å². The summed E-state index contributed by atoms with van der Waals surface area (Å²) in [5.74, 6) is 0.979. The first-order valence-corrected chi connectivity index (χ1v) is 10.7. The van der Waals surface area contributed by atoms with Crippen LogP contribution in [0, 0.1) is 13.8 Å². The second kappa shape index (κ2) is 8.81. The number of carbonyl (C=O) groups is 1. The number of thioether (sulfide) groups is 1. The molecule has 0 saturated carbocycles. The van der Waals surface area contributed by atoms with Crippen molar-refractivity contribution in [3.05, 3.63) is 88.7 Å². The van der Waals surface area contributed by atoms with Gasteiger partial charge in [0.2, 0.25) is 0 Å². The smallest absolute Gasteiger partial charge is 0.196 e. The minimum absolute atomic E-state index is 0.0443. The van der Waals surface area contributed by atoms with Crippen molar-refractivity contribution in [1.82, 2.24) is 19.7 Å². The van der Waals surface area contributed by atoms with Gasteiger partial charge in [-0.1, -0.05) is 59.3 Å². The molecule has 0 saturated heterocycles. The molecule has 150 valence electrons. The van der Waals surface area contributed by atoms with Crippen LogP contribution < -0.4 is 0 Å². The molecule has 5 nitrogen and oxygen atoms in total. The second-order valence-corrected chi connectivity index (χ2v) is 8.19. The minimum Gasteiger partial charge on any atom is -0.293 e. The van der Waals surface area contributed by atoms with Crippen LogP contribution in [0.15, 0.2) is 72.1 Å². The Bertz CT molecular complexity index is 1190. The predicted octanol–water partition coefficient (Wildman–Crippen LogP) is 5.57. The molecule has 0 unspecified atom stereocenters. The van der Waals surface area contributed by atoms with Gasteiger partial charge >= 0.3 is 0 Å². The van der Waals surface area contributed by atoms with E-state index in [2.05, 4.69) is 15.2 Å². The highest BCUT2D eigenvalue weighted by Gasteiger charge is 2.19. The van der Waals surface area contributed by atoms with Crippen LogP contribution in [-0.4, -0.2) is 31.3 Å². The van der Waals surface area contributed by atoms with Gasteiger partial charge in [-0.25, -0.2) is 0 Å². The van der Waals surface area contributed by atoms with Gasteiger partial charge in [0.25, 0.3) is 0 Å². The highest BCUT2D eigenvalue weighted by atomic mass is 35.5. The summed E-state index contributed by atoms with van der Waals surface area (Å²) >= 11 is 7.74. The first-order valence-electron chi connectivity index (χ1n) is 9.38. The quantitative estimate of drug-likeness (QED) is 0.293. The van der Waals surface area contributed by atoms with Crippen LogP contribution in [0.4, 0.5) is 0 Å². The molecule has 0 bridgehead atoms. The average Bonchev–Trinajstić information content (AvgIpc) is 3.19. The molecule has 2 aromatic heterocycles. The highest BCUT2D eigenvalue weighted by molar-refractivity contribution is 7.99. The number of hydrogen-bond acceptors (Lipinski definition) is 5. The topological polar surface area (TPSA) is 60.7 Å². The summed E-state index contributed by atoms with van der Waals surface area (Å²) in [6, 6.07) is 17.1. The van der Waals surface area contributed by atoms with E-state index in [4.69, 9.17) is 11.6 Å². The first-order chi connectivity index (χ1) is 14.5. The molecule has 0 aliphatic rings. The summed E-state index contributed by atoms with van der Waals surface area (Å²) in [5.41, 5.74) is 4.49. The largest absolute Gasteiger partial charge is 0.293 e. The van der Waals surface area contributed by atoms with Crippen LogP contribution in [0.5, 0.6) is 0 Å². The van der Waals surface area contributed by atoms with E-state index < -0.39 is 0 Å². The normalized spacial score (nSPS) is 10.9. The number of Topliss-reactive ketones (excluding diaryl/α,β-unsaturated/α-hetero) is 1. The van der Waals surface area contributed by atoms with Crippen molar-refractivity contribution in [2.24, 2.45) is 0 Å². The zero-order valence-corrected chi connectivity index (χ0v) is 18.1. The van der Waals surface area contributed by atoms with Crippen molar-refractivity contribution < 1.29 is 4.79 Å². The third kappa shape index (κ3) is 4.15. The number of hydrogen-bond donors (Lipinski definition) is 0. The number of benzene rings is 2. The number of nitrogens with zero attached hydrogens (tertiary/aromatic N) is 4. The Kier molecular flexibility index (Phi) is 5.97. The van der Waals surface area contributed by atoms with E-state index in [1.54, 1.807) is 12.4 Å². The summed E-state index contributed by atoms with van der Waals surface area (Å²) in [7, 11) is 0. The second-order valence-electron chi connectivity index (χ2n) is 6.84. The summed E-state index contributed by atoms with van der Waals surface area (Å²) in [5, 5.41) is 10.1. The van der Waals surface area contributed by atoms with Crippen molar-refractivity contribution >= 4 is 29.1 Å². The maximum Gasteiger partial charge on any atom is 0.196 e. The number of halogens is 1. The lowest BCUT2D eigenvalue weighted by Crippen LogP contribution is -2.06. The van der Waals surface area contributed by atoms with Gasteiger partial charge in [-0.15, -0.1) is 10.2 Å². The Labute approximate surface area is 184 Å². The van der Waals surface area contributed by atoms with Gasteiger partial charge in [-0.3, -0.25) is 14.3 Å². The van der Waals surface area contributed by atoms with E-state index in [0.29, 0.717) is 21.6 Å². The fraction of sp³-hybridized carbons (Fsp3) is 0.130. The van der Waals surface area contributed by atoms with Gasteiger partial charge < -0.3 is 0 Å².